The third-order valence-corrected chi connectivity index (χ3v) is 4.11. The van der Waals surface area contributed by atoms with Gasteiger partial charge in [0, 0.05) is 18.5 Å². The molecule has 0 spiro atoms. The molecule has 4 nitrogen and oxygen atoms in total. The van der Waals surface area contributed by atoms with Crippen LogP contribution in [0.1, 0.15) is 28.8 Å². The molecule has 1 fully saturated rings. The van der Waals surface area contributed by atoms with E-state index in [1.807, 2.05) is 42.5 Å². The van der Waals surface area contributed by atoms with Crippen molar-refractivity contribution < 1.29 is 14.6 Å². The number of carbonyl (C=O) groups excluding carboxylic acids is 1. The van der Waals surface area contributed by atoms with Crippen molar-refractivity contribution in [3.63, 3.8) is 0 Å². The molecule has 0 heterocycles. The Balaban J connectivity index is 1.43. The van der Waals surface area contributed by atoms with Crippen LogP contribution in [0, 0.1) is 5.92 Å². The number of aliphatic hydroxyl groups excluding tert-OH is 1. The average molecular weight is 325 g/mol. The van der Waals surface area contributed by atoms with E-state index in [0.29, 0.717) is 17.9 Å². The van der Waals surface area contributed by atoms with Crippen LogP contribution < -0.4 is 10.1 Å². The molecule has 3 rings (SSSR count). The lowest BCUT2D eigenvalue weighted by Gasteiger charge is -2.12. The largest absolute Gasteiger partial charge is 0.493 e. The van der Waals surface area contributed by atoms with Crippen LogP contribution in [0.25, 0.3) is 0 Å². The SMILES string of the molecule is O=C(NCC(O)Cc1ccccc1)c1ccc(OCC2CC2)cc1. The van der Waals surface area contributed by atoms with Gasteiger partial charge in [-0.05, 0) is 48.6 Å². The average Bonchev–Trinajstić information content (AvgIpc) is 3.44. The van der Waals surface area contributed by atoms with E-state index in [0.717, 1.165) is 17.9 Å². The van der Waals surface area contributed by atoms with Crippen molar-refractivity contribution >= 4 is 5.91 Å². The summed E-state index contributed by atoms with van der Waals surface area (Å²) in [6.45, 7) is 0.991. The topological polar surface area (TPSA) is 58.6 Å². The van der Waals surface area contributed by atoms with Crippen LogP contribution in [0.5, 0.6) is 5.75 Å². The number of hydrogen-bond acceptors (Lipinski definition) is 3. The summed E-state index contributed by atoms with van der Waals surface area (Å²) < 4.78 is 5.66. The molecule has 2 N–H and O–H groups in total. The number of hydrogen-bond donors (Lipinski definition) is 2. The van der Waals surface area contributed by atoms with Gasteiger partial charge in [0.2, 0.25) is 0 Å². The number of nitrogens with one attached hydrogen (secondary N) is 1. The maximum absolute atomic E-state index is 12.1. The van der Waals surface area contributed by atoms with Crippen LogP contribution in [0.2, 0.25) is 0 Å². The molecule has 0 aliphatic heterocycles. The van der Waals surface area contributed by atoms with Crippen molar-refractivity contribution in [1.29, 1.82) is 0 Å². The van der Waals surface area contributed by atoms with Crippen molar-refractivity contribution in [3.05, 3.63) is 65.7 Å². The highest BCUT2D eigenvalue weighted by molar-refractivity contribution is 5.94. The standard InChI is InChI=1S/C20H23NO3/c22-18(12-15-4-2-1-3-5-15)13-21-20(23)17-8-10-19(11-9-17)24-14-16-6-7-16/h1-5,8-11,16,18,22H,6-7,12-14H2,(H,21,23). The summed E-state index contributed by atoms with van der Waals surface area (Å²) in [5.74, 6) is 1.32. The summed E-state index contributed by atoms with van der Waals surface area (Å²) in [4.78, 5) is 12.1. The van der Waals surface area contributed by atoms with Gasteiger partial charge >= 0.3 is 0 Å². The number of amides is 1. The Morgan fingerprint density at radius 3 is 2.50 bits per heavy atom. The van der Waals surface area contributed by atoms with Gasteiger partial charge in [-0.2, -0.15) is 0 Å². The Morgan fingerprint density at radius 1 is 1.12 bits per heavy atom. The molecule has 1 aliphatic rings. The Morgan fingerprint density at radius 2 is 1.83 bits per heavy atom. The minimum Gasteiger partial charge on any atom is -0.493 e. The van der Waals surface area contributed by atoms with Gasteiger partial charge in [-0.15, -0.1) is 0 Å². The second-order valence-corrected chi connectivity index (χ2v) is 6.33. The zero-order valence-corrected chi connectivity index (χ0v) is 13.7. The van der Waals surface area contributed by atoms with Crippen LogP contribution >= 0.6 is 0 Å². The number of carbonyl (C=O) groups is 1. The molecule has 1 unspecified atom stereocenters. The number of benzene rings is 2. The van der Waals surface area contributed by atoms with Gasteiger partial charge in [0.05, 0.1) is 12.7 Å². The molecule has 126 valence electrons. The lowest BCUT2D eigenvalue weighted by molar-refractivity contribution is 0.0916. The molecule has 1 atom stereocenters. The Labute approximate surface area is 142 Å². The molecule has 24 heavy (non-hydrogen) atoms. The van der Waals surface area contributed by atoms with Crippen LogP contribution in [0.15, 0.2) is 54.6 Å². The van der Waals surface area contributed by atoms with Gasteiger partial charge in [0.15, 0.2) is 0 Å². The molecular formula is C20H23NO3. The van der Waals surface area contributed by atoms with Gasteiger partial charge in [-0.25, -0.2) is 0 Å². The van der Waals surface area contributed by atoms with Crippen LogP contribution in [-0.4, -0.2) is 30.3 Å². The lowest BCUT2D eigenvalue weighted by atomic mass is 10.1. The van der Waals surface area contributed by atoms with Crippen molar-refractivity contribution in [2.75, 3.05) is 13.2 Å². The van der Waals surface area contributed by atoms with Crippen molar-refractivity contribution in [3.8, 4) is 5.75 Å². The fraction of sp³-hybridized carbons (Fsp3) is 0.350. The highest BCUT2D eigenvalue weighted by Gasteiger charge is 2.21. The third kappa shape index (κ3) is 5.10. The highest BCUT2D eigenvalue weighted by atomic mass is 16.5. The van der Waals surface area contributed by atoms with Crippen LogP contribution in [0.3, 0.4) is 0 Å². The van der Waals surface area contributed by atoms with Crippen LogP contribution in [-0.2, 0) is 6.42 Å². The second kappa shape index (κ2) is 7.97. The van der Waals surface area contributed by atoms with E-state index < -0.39 is 6.10 Å². The summed E-state index contributed by atoms with van der Waals surface area (Å²) in [7, 11) is 0. The van der Waals surface area contributed by atoms with E-state index in [1.165, 1.54) is 12.8 Å². The van der Waals surface area contributed by atoms with Gasteiger partial charge in [-0.1, -0.05) is 30.3 Å². The maximum Gasteiger partial charge on any atom is 0.251 e. The molecule has 0 saturated heterocycles. The molecule has 4 heteroatoms. The fourth-order valence-corrected chi connectivity index (χ4v) is 2.47. The zero-order valence-electron chi connectivity index (χ0n) is 13.7. The first-order valence-corrected chi connectivity index (χ1v) is 8.44. The fourth-order valence-electron chi connectivity index (χ4n) is 2.47. The molecule has 1 aliphatic carbocycles. The lowest BCUT2D eigenvalue weighted by Crippen LogP contribution is -2.33. The van der Waals surface area contributed by atoms with Crippen molar-refractivity contribution in [2.24, 2.45) is 5.92 Å². The van der Waals surface area contributed by atoms with E-state index >= 15 is 0 Å². The van der Waals surface area contributed by atoms with Gasteiger partial charge < -0.3 is 15.2 Å². The third-order valence-electron chi connectivity index (χ3n) is 4.11. The predicted molar refractivity (Wildman–Crippen MR) is 93.1 cm³/mol. The Bertz CT molecular complexity index is 650. The Kier molecular flexibility index (Phi) is 5.49. The van der Waals surface area contributed by atoms with Crippen molar-refractivity contribution in [2.45, 2.75) is 25.4 Å². The smallest absolute Gasteiger partial charge is 0.251 e. The molecule has 0 bridgehead atoms. The van der Waals surface area contributed by atoms with E-state index in [2.05, 4.69) is 5.32 Å². The number of ether oxygens (including phenoxy) is 1. The molecule has 1 saturated carbocycles. The van der Waals surface area contributed by atoms with E-state index in [4.69, 9.17) is 4.74 Å². The predicted octanol–water partition coefficient (Wildman–Crippen LogP) is 2.81. The molecular weight excluding hydrogens is 302 g/mol. The van der Waals surface area contributed by atoms with Gasteiger partial charge in [0.1, 0.15) is 5.75 Å². The second-order valence-electron chi connectivity index (χ2n) is 6.33. The van der Waals surface area contributed by atoms with E-state index in [9.17, 15) is 9.90 Å². The summed E-state index contributed by atoms with van der Waals surface area (Å²) >= 11 is 0. The normalized spacial score (nSPS) is 14.9. The molecule has 1 amide bonds. The zero-order chi connectivity index (χ0) is 16.8. The number of rotatable bonds is 8. The molecule has 0 radical (unpaired) electrons. The molecule has 0 aromatic heterocycles. The summed E-state index contributed by atoms with van der Waals surface area (Å²) in [5, 5.41) is 12.8. The first kappa shape index (κ1) is 16.5. The van der Waals surface area contributed by atoms with E-state index in [-0.39, 0.29) is 12.5 Å². The summed E-state index contributed by atoms with van der Waals surface area (Å²) in [6.07, 6.45) is 2.43. The minimum atomic E-state index is -0.600. The summed E-state index contributed by atoms with van der Waals surface area (Å²) in [6, 6.07) is 16.9. The van der Waals surface area contributed by atoms with Gasteiger partial charge in [0.25, 0.3) is 5.91 Å². The first-order chi connectivity index (χ1) is 11.7. The Hall–Kier alpha value is -2.33. The van der Waals surface area contributed by atoms with Crippen LogP contribution in [0.4, 0.5) is 0 Å². The molecule has 2 aromatic carbocycles. The molecule has 2 aromatic rings. The quantitative estimate of drug-likeness (QED) is 0.784. The van der Waals surface area contributed by atoms with Crippen molar-refractivity contribution in [1.82, 2.24) is 5.32 Å². The highest BCUT2D eigenvalue weighted by Crippen LogP contribution is 2.29. The van der Waals surface area contributed by atoms with E-state index in [1.54, 1.807) is 12.1 Å². The first-order valence-electron chi connectivity index (χ1n) is 8.44. The minimum absolute atomic E-state index is 0.184. The monoisotopic (exact) mass is 325 g/mol. The van der Waals surface area contributed by atoms with Gasteiger partial charge in [-0.3, -0.25) is 4.79 Å². The maximum atomic E-state index is 12.1. The number of aliphatic hydroxyl groups is 1. The summed E-state index contributed by atoms with van der Waals surface area (Å²) in [5.41, 5.74) is 1.62.